The molecule has 3 aromatic rings. The molecule has 2 unspecified atom stereocenters. The minimum atomic E-state index is -0.512. The Bertz CT molecular complexity index is 941. The number of aryl methyl sites for hydroxylation is 1. The largest absolute Gasteiger partial charge is 0.392 e. The van der Waals surface area contributed by atoms with E-state index in [9.17, 15) is 5.11 Å². The van der Waals surface area contributed by atoms with Crippen LogP contribution in [0.3, 0.4) is 0 Å². The highest BCUT2D eigenvalue weighted by Gasteiger charge is 2.29. The van der Waals surface area contributed by atoms with Crippen LogP contribution in [0.1, 0.15) is 19.4 Å². The number of imidazole rings is 1. The van der Waals surface area contributed by atoms with E-state index in [0.717, 1.165) is 0 Å². The molecule has 4 rings (SSSR count). The van der Waals surface area contributed by atoms with Crippen LogP contribution < -0.4 is 4.90 Å². The Morgan fingerprint density at radius 3 is 2.65 bits per heavy atom. The number of rotatable bonds is 3. The third-order valence-corrected chi connectivity index (χ3v) is 4.61. The lowest BCUT2D eigenvalue weighted by molar-refractivity contribution is -0.00549. The van der Waals surface area contributed by atoms with Crippen LogP contribution >= 0.6 is 0 Å². The molecule has 0 aliphatic carbocycles. The highest BCUT2D eigenvalue weighted by atomic mass is 19.1. The van der Waals surface area contributed by atoms with Crippen molar-refractivity contribution in [3.8, 4) is 11.4 Å². The number of morpholine rings is 1. The Labute approximate surface area is 150 Å². The van der Waals surface area contributed by atoms with Gasteiger partial charge in [0, 0.05) is 31.9 Å². The van der Waals surface area contributed by atoms with Crippen LogP contribution in [0.2, 0.25) is 0 Å². The lowest BCUT2D eigenvalue weighted by atomic mass is 10.0. The van der Waals surface area contributed by atoms with Crippen molar-refractivity contribution in [2.45, 2.75) is 32.7 Å². The number of hydrogen-bond donors (Lipinski definition) is 1. The van der Waals surface area contributed by atoms with Crippen molar-refractivity contribution in [3.63, 3.8) is 0 Å². The topological polar surface area (TPSA) is 76.5 Å². The van der Waals surface area contributed by atoms with Crippen LogP contribution in [0.4, 0.5) is 10.1 Å². The molecule has 0 amide bonds. The second-order valence-corrected chi connectivity index (χ2v) is 6.85. The molecular formula is C18H21FN4O3. The first-order chi connectivity index (χ1) is 12.5. The Morgan fingerprint density at radius 1 is 1.31 bits per heavy atom. The predicted octanol–water partition coefficient (Wildman–Crippen LogP) is 2.47. The van der Waals surface area contributed by atoms with Crippen molar-refractivity contribution in [1.29, 1.82) is 0 Å². The van der Waals surface area contributed by atoms with Gasteiger partial charge in [-0.2, -0.15) is 0 Å². The molecule has 0 bridgehead atoms. The van der Waals surface area contributed by atoms with Gasteiger partial charge in [0.2, 0.25) is 5.58 Å². The van der Waals surface area contributed by atoms with Gasteiger partial charge in [-0.05, 0) is 19.9 Å². The Morgan fingerprint density at radius 2 is 2.04 bits per heavy atom. The van der Waals surface area contributed by atoms with Crippen LogP contribution in [0.15, 0.2) is 23.1 Å². The molecule has 1 aliphatic rings. The van der Waals surface area contributed by atoms with Crippen molar-refractivity contribution in [2.75, 3.05) is 18.0 Å². The van der Waals surface area contributed by atoms with E-state index in [-0.39, 0.29) is 24.4 Å². The van der Waals surface area contributed by atoms with Crippen molar-refractivity contribution in [1.82, 2.24) is 14.7 Å². The number of anilines is 1. The summed E-state index contributed by atoms with van der Waals surface area (Å²) in [5, 5.41) is 14.4. The average Bonchev–Trinajstić information content (AvgIpc) is 3.19. The van der Waals surface area contributed by atoms with Gasteiger partial charge in [0.25, 0.3) is 0 Å². The Balaban J connectivity index is 1.86. The molecular weight excluding hydrogens is 339 g/mol. The zero-order valence-electron chi connectivity index (χ0n) is 14.9. The molecule has 7 nitrogen and oxygen atoms in total. The Hall–Kier alpha value is -2.45. The molecule has 1 saturated heterocycles. The van der Waals surface area contributed by atoms with Gasteiger partial charge in [-0.1, -0.05) is 5.16 Å². The number of aromatic nitrogens is 3. The lowest BCUT2D eigenvalue weighted by Gasteiger charge is -2.37. The first kappa shape index (κ1) is 17.0. The summed E-state index contributed by atoms with van der Waals surface area (Å²) in [5.74, 6) is -0.512. The molecule has 138 valence electrons. The van der Waals surface area contributed by atoms with Crippen molar-refractivity contribution >= 4 is 16.7 Å². The van der Waals surface area contributed by atoms with Gasteiger partial charge >= 0.3 is 0 Å². The monoisotopic (exact) mass is 360 g/mol. The molecule has 1 N–H and O–H groups in total. The third-order valence-electron chi connectivity index (χ3n) is 4.61. The Kier molecular flexibility index (Phi) is 4.16. The molecule has 2 atom stereocenters. The molecule has 0 radical (unpaired) electrons. The standard InChI is InChI=1S/C18H21FN4O3/c1-10-5-23(6-11(2)25-10)17-12(8-24)4-13-16(14-7-22(3)9-20-14)21-26-18(13)15(17)19/h4,7,9-11,24H,5-6,8H2,1-3H3. The smallest absolute Gasteiger partial charge is 0.205 e. The number of hydrogen-bond acceptors (Lipinski definition) is 6. The second-order valence-electron chi connectivity index (χ2n) is 6.85. The van der Waals surface area contributed by atoms with Crippen molar-refractivity contribution < 1.29 is 18.8 Å². The van der Waals surface area contributed by atoms with Gasteiger partial charge < -0.3 is 23.8 Å². The fourth-order valence-electron chi connectivity index (χ4n) is 3.62. The van der Waals surface area contributed by atoms with E-state index in [0.29, 0.717) is 41.1 Å². The highest BCUT2D eigenvalue weighted by molar-refractivity contribution is 5.94. The molecule has 2 aromatic heterocycles. The van der Waals surface area contributed by atoms with E-state index in [4.69, 9.17) is 9.26 Å². The van der Waals surface area contributed by atoms with E-state index in [1.54, 1.807) is 23.2 Å². The minimum absolute atomic E-state index is 0.0285. The highest BCUT2D eigenvalue weighted by Crippen LogP contribution is 2.37. The van der Waals surface area contributed by atoms with E-state index >= 15 is 4.39 Å². The number of fused-ring (bicyclic) bond motifs is 1. The van der Waals surface area contributed by atoms with Crippen molar-refractivity contribution in [2.24, 2.45) is 7.05 Å². The second kappa shape index (κ2) is 6.37. The first-order valence-electron chi connectivity index (χ1n) is 8.58. The summed E-state index contributed by atoms with van der Waals surface area (Å²) in [6.45, 7) is 4.70. The summed E-state index contributed by atoms with van der Waals surface area (Å²) >= 11 is 0. The van der Waals surface area contributed by atoms with Crippen LogP contribution in [0.5, 0.6) is 0 Å². The van der Waals surface area contributed by atoms with E-state index in [2.05, 4.69) is 10.1 Å². The number of ether oxygens (including phenoxy) is 1. The molecule has 0 spiro atoms. The minimum Gasteiger partial charge on any atom is -0.392 e. The summed E-state index contributed by atoms with van der Waals surface area (Å²) in [7, 11) is 1.84. The van der Waals surface area contributed by atoms with E-state index < -0.39 is 5.82 Å². The number of nitrogens with zero attached hydrogens (tertiary/aromatic N) is 4. The molecule has 1 aliphatic heterocycles. The number of halogens is 1. The maximum absolute atomic E-state index is 15.3. The fraction of sp³-hybridized carbons (Fsp3) is 0.444. The summed E-state index contributed by atoms with van der Waals surface area (Å²) in [6, 6.07) is 1.74. The maximum Gasteiger partial charge on any atom is 0.205 e. The van der Waals surface area contributed by atoms with Crippen LogP contribution in [-0.4, -0.2) is 45.1 Å². The average molecular weight is 360 g/mol. The summed E-state index contributed by atoms with van der Waals surface area (Å²) in [6.07, 6.45) is 3.37. The number of aliphatic hydroxyl groups is 1. The third kappa shape index (κ3) is 2.75. The van der Waals surface area contributed by atoms with E-state index in [1.165, 1.54) is 0 Å². The first-order valence-corrected chi connectivity index (χ1v) is 8.58. The maximum atomic E-state index is 15.3. The molecule has 8 heteroatoms. The van der Waals surface area contributed by atoms with Gasteiger partial charge in [0.15, 0.2) is 5.82 Å². The number of aliphatic hydroxyl groups excluding tert-OH is 1. The molecule has 1 aromatic carbocycles. The zero-order valence-corrected chi connectivity index (χ0v) is 14.9. The molecule has 26 heavy (non-hydrogen) atoms. The molecule has 3 heterocycles. The van der Waals surface area contributed by atoms with Gasteiger partial charge in [-0.25, -0.2) is 9.37 Å². The van der Waals surface area contributed by atoms with Crippen LogP contribution in [0.25, 0.3) is 22.4 Å². The quantitative estimate of drug-likeness (QED) is 0.773. The van der Waals surface area contributed by atoms with Gasteiger partial charge in [-0.15, -0.1) is 0 Å². The van der Waals surface area contributed by atoms with Crippen molar-refractivity contribution in [3.05, 3.63) is 30.0 Å². The lowest BCUT2D eigenvalue weighted by Crippen LogP contribution is -2.46. The molecule has 1 fully saturated rings. The molecule has 0 saturated carbocycles. The number of benzene rings is 1. The van der Waals surface area contributed by atoms with Crippen LogP contribution in [-0.2, 0) is 18.4 Å². The van der Waals surface area contributed by atoms with Gasteiger partial charge in [0.05, 0.1) is 36.2 Å². The van der Waals surface area contributed by atoms with E-state index in [1.807, 2.05) is 25.8 Å². The van der Waals surface area contributed by atoms with Gasteiger partial charge in [0.1, 0.15) is 11.4 Å². The van der Waals surface area contributed by atoms with Crippen LogP contribution in [0, 0.1) is 5.82 Å². The predicted molar refractivity (Wildman–Crippen MR) is 94.3 cm³/mol. The van der Waals surface area contributed by atoms with Gasteiger partial charge in [-0.3, -0.25) is 0 Å². The summed E-state index contributed by atoms with van der Waals surface area (Å²) in [4.78, 5) is 6.16. The SMILES string of the molecule is CC1CN(c2c(CO)cc3c(-c4cn(C)cn4)noc3c2F)CC(C)O1. The normalized spacial score (nSPS) is 20.9. The zero-order chi connectivity index (χ0) is 18.4. The summed E-state index contributed by atoms with van der Waals surface area (Å²) in [5.41, 5.74) is 1.98. The fourth-order valence-corrected chi connectivity index (χ4v) is 3.62. The summed E-state index contributed by atoms with van der Waals surface area (Å²) < 4.78 is 28.2.